The average molecular weight is 510 g/mol. The van der Waals surface area contributed by atoms with E-state index in [1.807, 2.05) is 0 Å². The molecule has 0 aliphatic heterocycles. The molecule has 0 bridgehead atoms. The van der Waals surface area contributed by atoms with Crippen molar-refractivity contribution in [3.05, 3.63) is 52.6 Å². The molecule has 0 saturated heterocycles. The smallest absolute Gasteiger partial charge is 0.274 e. The largest absolute Gasteiger partial charge is 0.496 e. The zero-order chi connectivity index (χ0) is 26.5. The molecule has 2 fully saturated rings. The zero-order valence-corrected chi connectivity index (χ0v) is 21.6. The molecular weight excluding hydrogens is 474 g/mol. The molecule has 2 heterocycles. The number of carbonyl (C=O) groups is 2. The van der Waals surface area contributed by atoms with E-state index in [1.54, 1.807) is 53.2 Å². The number of hydrogen-bond acceptors (Lipinski definition) is 6. The van der Waals surface area contributed by atoms with Crippen LogP contribution in [0, 0.1) is 0 Å². The highest BCUT2D eigenvalue weighted by atomic mass is 16.5. The number of aliphatic hydroxyl groups excluding tert-OH is 1. The Morgan fingerprint density at radius 2 is 1.95 bits per heavy atom. The second kappa shape index (κ2) is 11.6. The molecule has 2 aliphatic carbocycles. The summed E-state index contributed by atoms with van der Waals surface area (Å²) < 4.78 is 6.96. The van der Waals surface area contributed by atoms with Gasteiger partial charge in [0.2, 0.25) is 0 Å². The van der Waals surface area contributed by atoms with Gasteiger partial charge >= 0.3 is 0 Å². The number of aromatic nitrogens is 3. The van der Waals surface area contributed by atoms with Crippen LogP contribution in [0.3, 0.4) is 0 Å². The first-order valence-electron chi connectivity index (χ1n) is 12.8. The first kappa shape index (κ1) is 26.4. The van der Waals surface area contributed by atoms with Crippen molar-refractivity contribution in [2.45, 2.75) is 70.1 Å². The van der Waals surface area contributed by atoms with E-state index < -0.39 is 6.10 Å². The topological polar surface area (TPSA) is 130 Å². The van der Waals surface area contributed by atoms with Crippen LogP contribution in [-0.2, 0) is 4.79 Å². The number of anilines is 1. The number of methoxy groups -OCH3 is 1. The van der Waals surface area contributed by atoms with Crippen LogP contribution >= 0.6 is 0 Å². The highest BCUT2D eigenvalue weighted by molar-refractivity contribution is 6.08. The van der Waals surface area contributed by atoms with Crippen LogP contribution in [-0.4, -0.2) is 62.9 Å². The number of nitrogens with zero attached hydrogens (tertiary/aromatic N) is 3. The number of carbonyl (C=O) groups excluding carboxylic acids is 2. The molecule has 2 saturated carbocycles. The van der Waals surface area contributed by atoms with Gasteiger partial charge in [0.05, 0.1) is 24.4 Å². The number of likely N-dealkylation sites (N-methyl/N-ethyl adjacent to an activating group) is 1. The van der Waals surface area contributed by atoms with Gasteiger partial charge in [0.15, 0.2) is 0 Å². The molecule has 10 heteroatoms. The third-order valence-corrected chi connectivity index (χ3v) is 7.00. The average Bonchev–Trinajstić information content (AvgIpc) is 3.65. The molecule has 5 rings (SSSR count). The monoisotopic (exact) mass is 509 g/mol. The standard InChI is InChI=1S/C17H16N4O3.C10H19NO2/c1-24-15-8-14-10(9-18-20-14)7-12(15)16(22)19-13-3-2-6-21(17(13)23)11-4-5-11;1-8(12)10(13)11(2)9-6-4-3-5-7-9/h2-3,6-9,11H,4-5H2,1H3,(H,18,20)(H,19,22);8-9,12H,3-7H2,1-2H3. The van der Waals surface area contributed by atoms with Crippen molar-refractivity contribution in [2.75, 3.05) is 19.5 Å². The molecule has 2 aliphatic rings. The van der Waals surface area contributed by atoms with Crippen LogP contribution in [0.25, 0.3) is 10.9 Å². The second-order valence-electron chi connectivity index (χ2n) is 9.75. The molecule has 2 aromatic heterocycles. The summed E-state index contributed by atoms with van der Waals surface area (Å²) in [5.41, 5.74) is 1.22. The van der Waals surface area contributed by atoms with E-state index >= 15 is 0 Å². The molecule has 0 radical (unpaired) electrons. The third-order valence-electron chi connectivity index (χ3n) is 7.00. The molecule has 3 N–H and O–H groups in total. The molecule has 3 aromatic rings. The minimum absolute atomic E-state index is 0.146. The number of H-pyrrole nitrogens is 1. The van der Waals surface area contributed by atoms with Crippen molar-refractivity contribution in [2.24, 2.45) is 0 Å². The number of amides is 2. The number of pyridine rings is 1. The maximum absolute atomic E-state index is 12.6. The van der Waals surface area contributed by atoms with Crippen molar-refractivity contribution in [3.63, 3.8) is 0 Å². The van der Waals surface area contributed by atoms with Crippen molar-refractivity contribution >= 4 is 28.4 Å². The number of hydrogen-bond donors (Lipinski definition) is 3. The van der Waals surface area contributed by atoms with Gasteiger partial charge in [-0.2, -0.15) is 5.10 Å². The Kier molecular flexibility index (Phi) is 8.27. The van der Waals surface area contributed by atoms with Gasteiger partial charge in [0, 0.05) is 36.8 Å². The van der Waals surface area contributed by atoms with E-state index in [0.717, 1.165) is 36.6 Å². The first-order chi connectivity index (χ1) is 17.8. The highest BCUT2D eigenvalue weighted by Crippen LogP contribution is 2.33. The van der Waals surface area contributed by atoms with E-state index in [0.29, 0.717) is 17.4 Å². The van der Waals surface area contributed by atoms with E-state index in [4.69, 9.17) is 9.84 Å². The minimum Gasteiger partial charge on any atom is -0.496 e. The predicted molar refractivity (Wildman–Crippen MR) is 141 cm³/mol. The summed E-state index contributed by atoms with van der Waals surface area (Å²) in [4.78, 5) is 38.2. The fourth-order valence-electron chi connectivity index (χ4n) is 4.70. The quantitative estimate of drug-likeness (QED) is 0.467. The summed E-state index contributed by atoms with van der Waals surface area (Å²) >= 11 is 0. The molecule has 1 unspecified atom stereocenters. The molecule has 2 amide bonds. The Morgan fingerprint density at radius 1 is 1.22 bits per heavy atom. The van der Waals surface area contributed by atoms with Crippen molar-refractivity contribution < 1.29 is 19.4 Å². The van der Waals surface area contributed by atoms with Crippen molar-refractivity contribution in [1.82, 2.24) is 19.7 Å². The van der Waals surface area contributed by atoms with Gasteiger partial charge in [-0.1, -0.05) is 19.3 Å². The lowest BCUT2D eigenvalue weighted by atomic mass is 9.94. The van der Waals surface area contributed by atoms with Gasteiger partial charge in [0.25, 0.3) is 17.4 Å². The molecule has 0 spiro atoms. The number of benzene rings is 1. The maximum Gasteiger partial charge on any atom is 0.274 e. The van der Waals surface area contributed by atoms with Crippen LogP contribution in [0.5, 0.6) is 5.75 Å². The Morgan fingerprint density at radius 3 is 2.59 bits per heavy atom. The maximum atomic E-state index is 12.6. The Bertz CT molecular complexity index is 1300. The van der Waals surface area contributed by atoms with Crippen LogP contribution in [0.15, 0.2) is 41.5 Å². The lowest BCUT2D eigenvalue weighted by Gasteiger charge is -2.31. The number of aromatic amines is 1. The summed E-state index contributed by atoms with van der Waals surface area (Å²) in [6, 6.07) is 7.40. The lowest BCUT2D eigenvalue weighted by Crippen LogP contribution is -2.42. The molecular formula is C27H35N5O5. The van der Waals surface area contributed by atoms with Crippen molar-refractivity contribution in [3.8, 4) is 5.75 Å². The van der Waals surface area contributed by atoms with Crippen LogP contribution in [0.1, 0.15) is 68.3 Å². The Labute approximate surface area is 215 Å². The zero-order valence-electron chi connectivity index (χ0n) is 21.6. The molecule has 1 atom stereocenters. The SMILES string of the molecule is CC(O)C(=O)N(C)C1CCCCC1.COc1cc2[nH]ncc2cc1C(=O)Nc1cccn(C2CC2)c1=O. The van der Waals surface area contributed by atoms with Crippen LogP contribution in [0.4, 0.5) is 5.69 Å². The fraction of sp³-hybridized carbons (Fsp3) is 0.481. The molecule has 198 valence electrons. The number of nitrogens with one attached hydrogen (secondary N) is 2. The lowest BCUT2D eigenvalue weighted by molar-refractivity contribution is -0.140. The van der Waals surface area contributed by atoms with Gasteiger partial charge in [-0.15, -0.1) is 0 Å². The first-order valence-corrected chi connectivity index (χ1v) is 12.8. The van der Waals surface area contributed by atoms with E-state index in [-0.39, 0.29) is 29.1 Å². The third kappa shape index (κ3) is 6.19. The Balaban J connectivity index is 0.000000209. The van der Waals surface area contributed by atoms with Gasteiger partial charge < -0.3 is 24.6 Å². The predicted octanol–water partition coefficient (Wildman–Crippen LogP) is 3.48. The van der Waals surface area contributed by atoms with E-state index in [2.05, 4.69) is 15.5 Å². The molecule has 10 nitrogen and oxygen atoms in total. The Hall–Kier alpha value is -3.66. The second-order valence-corrected chi connectivity index (χ2v) is 9.75. The van der Waals surface area contributed by atoms with Crippen LogP contribution in [0.2, 0.25) is 0 Å². The number of ether oxygens (including phenoxy) is 1. The van der Waals surface area contributed by atoms with E-state index in [1.165, 1.54) is 33.3 Å². The summed E-state index contributed by atoms with van der Waals surface area (Å²) in [5.74, 6) is -0.116. The van der Waals surface area contributed by atoms with Gasteiger partial charge in [-0.25, -0.2) is 0 Å². The molecule has 1 aromatic carbocycles. The van der Waals surface area contributed by atoms with Crippen molar-refractivity contribution in [1.29, 1.82) is 0 Å². The normalized spacial score (nSPS) is 16.4. The highest BCUT2D eigenvalue weighted by Gasteiger charge is 2.26. The molecule has 37 heavy (non-hydrogen) atoms. The summed E-state index contributed by atoms with van der Waals surface area (Å²) in [7, 11) is 3.29. The summed E-state index contributed by atoms with van der Waals surface area (Å²) in [6.45, 7) is 1.53. The van der Waals surface area contributed by atoms with Gasteiger partial charge in [0.1, 0.15) is 17.5 Å². The number of aliphatic hydroxyl groups is 1. The van der Waals surface area contributed by atoms with Crippen LogP contribution < -0.4 is 15.6 Å². The van der Waals surface area contributed by atoms with E-state index in [9.17, 15) is 14.4 Å². The summed E-state index contributed by atoms with van der Waals surface area (Å²) in [5, 5.41) is 19.4. The van der Waals surface area contributed by atoms with Gasteiger partial charge in [-0.3, -0.25) is 19.5 Å². The summed E-state index contributed by atoms with van der Waals surface area (Å²) in [6.07, 6.45) is 10.4. The van der Waals surface area contributed by atoms with Gasteiger partial charge in [-0.05, 0) is 50.8 Å². The minimum atomic E-state index is -0.855. The number of rotatable bonds is 6. The fourth-order valence-corrected chi connectivity index (χ4v) is 4.70. The number of fused-ring (bicyclic) bond motifs is 1.